The summed E-state index contributed by atoms with van der Waals surface area (Å²) in [5.41, 5.74) is 2.89. The maximum absolute atomic E-state index is 6.21. The van der Waals surface area contributed by atoms with E-state index in [2.05, 4.69) is 80.3 Å². The van der Waals surface area contributed by atoms with Crippen LogP contribution < -0.4 is 0 Å². The predicted molar refractivity (Wildman–Crippen MR) is 119 cm³/mol. The molecule has 2 aliphatic rings. The van der Waals surface area contributed by atoms with Gasteiger partial charge in [-0.15, -0.1) is 0 Å². The van der Waals surface area contributed by atoms with Crippen LogP contribution in [0.4, 0.5) is 0 Å². The van der Waals surface area contributed by atoms with Crippen molar-refractivity contribution in [3.63, 3.8) is 0 Å². The molecule has 0 aliphatic carbocycles. The number of rotatable bonds is 5. The van der Waals surface area contributed by atoms with Crippen LogP contribution in [-0.2, 0) is 11.3 Å². The SMILES string of the molecule is Brc1ccc(C2CCN(CC3CN(Cc4ccccc4)CCCO3)CC2)cc1. The van der Waals surface area contributed by atoms with Crippen LogP contribution in [0.25, 0.3) is 0 Å². The van der Waals surface area contributed by atoms with Crippen LogP contribution in [-0.4, -0.2) is 55.2 Å². The van der Waals surface area contributed by atoms with Gasteiger partial charge in [0.1, 0.15) is 0 Å². The zero-order valence-corrected chi connectivity index (χ0v) is 18.2. The van der Waals surface area contributed by atoms with E-state index >= 15 is 0 Å². The minimum absolute atomic E-state index is 0.329. The fraction of sp³-hybridized carbons (Fsp3) is 0.500. The minimum Gasteiger partial charge on any atom is -0.376 e. The first-order chi connectivity index (χ1) is 13.8. The lowest BCUT2D eigenvalue weighted by Gasteiger charge is -2.35. The monoisotopic (exact) mass is 442 g/mol. The Bertz CT molecular complexity index is 713. The summed E-state index contributed by atoms with van der Waals surface area (Å²) in [6.45, 7) is 7.53. The molecule has 0 aromatic heterocycles. The lowest BCUT2D eigenvalue weighted by atomic mass is 9.89. The molecule has 0 amide bonds. The molecule has 0 radical (unpaired) electrons. The summed E-state index contributed by atoms with van der Waals surface area (Å²) < 4.78 is 7.38. The molecule has 0 bridgehead atoms. The second kappa shape index (κ2) is 10.0. The molecule has 28 heavy (non-hydrogen) atoms. The Hall–Kier alpha value is -1.20. The summed E-state index contributed by atoms with van der Waals surface area (Å²) in [7, 11) is 0. The van der Waals surface area contributed by atoms with Gasteiger partial charge < -0.3 is 9.64 Å². The Morgan fingerprint density at radius 3 is 2.39 bits per heavy atom. The molecule has 4 rings (SSSR count). The van der Waals surface area contributed by atoms with E-state index in [9.17, 15) is 0 Å². The molecule has 1 atom stereocenters. The molecule has 2 aromatic rings. The first kappa shape index (κ1) is 20.1. The molecule has 2 saturated heterocycles. The number of piperidine rings is 1. The second-order valence-electron chi connectivity index (χ2n) is 8.19. The molecule has 2 aromatic carbocycles. The van der Waals surface area contributed by atoms with Gasteiger partial charge in [-0.25, -0.2) is 0 Å². The van der Waals surface area contributed by atoms with Gasteiger partial charge >= 0.3 is 0 Å². The largest absolute Gasteiger partial charge is 0.376 e. The average Bonchev–Trinajstić information content (AvgIpc) is 2.95. The third kappa shape index (κ3) is 5.66. The van der Waals surface area contributed by atoms with E-state index in [1.54, 1.807) is 0 Å². The van der Waals surface area contributed by atoms with E-state index in [1.807, 2.05) is 0 Å². The molecule has 2 fully saturated rings. The van der Waals surface area contributed by atoms with Crippen molar-refractivity contribution in [2.75, 3.05) is 39.3 Å². The van der Waals surface area contributed by atoms with Crippen LogP contribution in [0.3, 0.4) is 0 Å². The van der Waals surface area contributed by atoms with Gasteiger partial charge in [-0.2, -0.15) is 0 Å². The highest BCUT2D eigenvalue weighted by Gasteiger charge is 2.25. The van der Waals surface area contributed by atoms with Crippen molar-refractivity contribution in [1.29, 1.82) is 0 Å². The molecule has 0 N–H and O–H groups in total. The first-order valence-corrected chi connectivity index (χ1v) is 11.4. The van der Waals surface area contributed by atoms with Gasteiger partial charge in [0.15, 0.2) is 0 Å². The highest BCUT2D eigenvalue weighted by Crippen LogP contribution is 2.29. The van der Waals surface area contributed by atoms with Gasteiger partial charge in [0, 0.05) is 37.3 Å². The molecule has 0 saturated carbocycles. The third-order valence-corrected chi connectivity index (χ3v) is 6.60. The summed E-state index contributed by atoms with van der Waals surface area (Å²) in [4.78, 5) is 5.19. The molecule has 0 spiro atoms. The highest BCUT2D eigenvalue weighted by molar-refractivity contribution is 9.10. The Balaban J connectivity index is 1.27. The number of benzene rings is 2. The predicted octanol–water partition coefficient (Wildman–Crippen LogP) is 4.92. The smallest absolute Gasteiger partial charge is 0.0828 e. The van der Waals surface area contributed by atoms with E-state index in [1.165, 1.54) is 41.5 Å². The first-order valence-electron chi connectivity index (χ1n) is 10.6. The fourth-order valence-corrected chi connectivity index (χ4v) is 4.80. The van der Waals surface area contributed by atoms with Gasteiger partial charge in [0.05, 0.1) is 6.10 Å². The van der Waals surface area contributed by atoms with Crippen LogP contribution >= 0.6 is 15.9 Å². The summed E-state index contributed by atoms with van der Waals surface area (Å²) in [6, 6.07) is 19.7. The Morgan fingerprint density at radius 1 is 0.893 bits per heavy atom. The molecular weight excluding hydrogens is 412 g/mol. The van der Waals surface area contributed by atoms with E-state index in [0.29, 0.717) is 12.0 Å². The molecule has 4 heteroatoms. The van der Waals surface area contributed by atoms with Gasteiger partial charge in [-0.1, -0.05) is 58.4 Å². The van der Waals surface area contributed by atoms with Crippen LogP contribution in [0.1, 0.15) is 36.3 Å². The van der Waals surface area contributed by atoms with E-state index < -0.39 is 0 Å². The van der Waals surface area contributed by atoms with Crippen LogP contribution in [0, 0.1) is 0 Å². The zero-order chi connectivity index (χ0) is 19.2. The number of nitrogens with zero attached hydrogens (tertiary/aromatic N) is 2. The van der Waals surface area contributed by atoms with E-state index in [4.69, 9.17) is 4.74 Å². The summed E-state index contributed by atoms with van der Waals surface area (Å²) in [6.07, 6.45) is 3.97. The maximum Gasteiger partial charge on any atom is 0.0828 e. The molecule has 2 aliphatic heterocycles. The van der Waals surface area contributed by atoms with Crippen molar-refractivity contribution in [2.24, 2.45) is 0 Å². The number of halogens is 1. The Labute approximate surface area is 177 Å². The molecule has 3 nitrogen and oxygen atoms in total. The van der Waals surface area contributed by atoms with Crippen LogP contribution in [0.5, 0.6) is 0 Å². The lowest BCUT2D eigenvalue weighted by molar-refractivity contribution is 0.0203. The number of likely N-dealkylation sites (tertiary alicyclic amines) is 1. The van der Waals surface area contributed by atoms with Crippen molar-refractivity contribution in [3.8, 4) is 0 Å². The third-order valence-electron chi connectivity index (χ3n) is 6.07. The standard InChI is InChI=1S/C24H31BrN2O/c25-23-9-7-21(8-10-23)22-11-14-26(15-12-22)18-24-19-27(13-4-16-28-24)17-20-5-2-1-3-6-20/h1-3,5-10,22,24H,4,11-19H2. The second-order valence-corrected chi connectivity index (χ2v) is 9.11. The molecule has 150 valence electrons. The maximum atomic E-state index is 6.21. The van der Waals surface area contributed by atoms with E-state index in [0.717, 1.165) is 39.2 Å². The van der Waals surface area contributed by atoms with Crippen LogP contribution in [0.2, 0.25) is 0 Å². The number of hydrogen-bond donors (Lipinski definition) is 0. The molecular formula is C24H31BrN2O. The van der Waals surface area contributed by atoms with Crippen molar-refractivity contribution < 1.29 is 4.74 Å². The van der Waals surface area contributed by atoms with Gasteiger partial charge in [0.2, 0.25) is 0 Å². The van der Waals surface area contributed by atoms with Crippen molar-refractivity contribution in [1.82, 2.24) is 9.80 Å². The summed E-state index contributed by atoms with van der Waals surface area (Å²) >= 11 is 3.54. The Kier molecular flexibility index (Phi) is 7.19. The fourth-order valence-electron chi connectivity index (χ4n) is 4.54. The Morgan fingerprint density at radius 2 is 1.64 bits per heavy atom. The molecule has 2 heterocycles. The average molecular weight is 443 g/mol. The summed E-state index contributed by atoms with van der Waals surface area (Å²) in [5, 5.41) is 0. The molecule has 1 unspecified atom stereocenters. The quantitative estimate of drug-likeness (QED) is 0.653. The zero-order valence-electron chi connectivity index (χ0n) is 16.6. The number of ether oxygens (including phenoxy) is 1. The van der Waals surface area contributed by atoms with Gasteiger partial charge in [0.25, 0.3) is 0 Å². The summed E-state index contributed by atoms with van der Waals surface area (Å²) in [5.74, 6) is 0.703. The van der Waals surface area contributed by atoms with Crippen molar-refractivity contribution in [2.45, 2.75) is 37.8 Å². The number of hydrogen-bond acceptors (Lipinski definition) is 3. The highest BCUT2D eigenvalue weighted by atomic mass is 79.9. The topological polar surface area (TPSA) is 15.7 Å². The lowest BCUT2D eigenvalue weighted by Crippen LogP contribution is -2.43. The van der Waals surface area contributed by atoms with Gasteiger partial charge in [-0.3, -0.25) is 4.90 Å². The van der Waals surface area contributed by atoms with Crippen molar-refractivity contribution in [3.05, 3.63) is 70.2 Å². The van der Waals surface area contributed by atoms with Crippen molar-refractivity contribution >= 4 is 15.9 Å². The van der Waals surface area contributed by atoms with Gasteiger partial charge in [-0.05, 0) is 61.5 Å². The normalized spacial score (nSPS) is 22.8. The van der Waals surface area contributed by atoms with Crippen LogP contribution in [0.15, 0.2) is 59.1 Å². The minimum atomic E-state index is 0.329. The van der Waals surface area contributed by atoms with E-state index in [-0.39, 0.29) is 0 Å².